The molecule has 5 fully saturated rings. The number of benzene rings is 3. The summed E-state index contributed by atoms with van der Waals surface area (Å²) < 4.78 is 30.8. The van der Waals surface area contributed by atoms with Crippen LogP contribution in [0.3, 0.4) is 0 Å². The van der Waals surface area contributed by atoms with E-state index < -0.39 is 19.5 Å². The molecule has 66 heavy (non-hydrogen) atoms. The maximum absolute atomic E-state index is 13.8. The molecule has 1 aromatic heterocycles. The number of nitrogens with zero attached hydrogens (tertiary/aromatic N) is 2. The highest BCUT2D eigenvalue weighted by Crippen LogP contribution is 2.49. The van der Waals surface area contributed by atoms with E-state index in [1.165, 1.54) is 62.7 Å². The molecule has 9 rings (SSSR count). The van der Waals surface area contributed by atoms with E-state index in [0.717, 1.165) is 74.0 Å². The van der Waals surface area contributed by atoms with Crippen LogP contribution in [0, 0.1) is 0 Å². The zero-order valence-electron chi connectivity index (χ0n) is 39.4. The van der Waals surface area contributed by atoms with Gasteiger partial charge in [-0.2, -0.15) is 0 Å². The Bertz CT molecular complexity index is 2100. The molecule has 1 spiro atoms. The second-order valence-corrected chi connectivity index (χ2v) is 20.6. The number of carbonyl (C=O) groups is 4. The van der Waals surface area contributed by atoms with Gasteiger partial charge < -0.3 is 34.4 Å². The number of ether oxygens (including phenoxy) is 2. The average molecular weight is 946 g/mol. The Morgan fingerprint density at radius 2 is 1.61 bits per heavy atom. The van der Waals surface area contributed by atoms with Crippen LogP contribution in [0.1, 0.15) is 113 Å². The van der Waals surface area contributed by atoms with Gasteiger partial charge >= 0.3 is 13.5 Å². The van der Waals surface area contributed by atoms with Crippen LogP contribution in [0.2, 0.25) is 0 Å². The van der Waals surface area contributed by atoms with Crippen LogP contribution in [-0.2, 0) is 34.6 Å². The molecular formula is C51H72N5O8PS. The van der Waals surface area contributed by atoms with Gasteiger partial charge in [-0.15, -0.1) is 11.3 Å². The first-order valence-electron chi connectivity index (χ1n) is 23.8. The number of fused-ring (bicyclic) bond motifs is 2. The third-order valence-electron chi connectivity index (χ3n) is 12.3. The third kappa shape index (κ3) is 16.6. The van der Waals surface area contributed by atoms with Crippen LogP contribution in [0.4, 0.5) is 0 Å². The summed E-state index contributed by atoms with van der Waals surface area (Å²) in [6, 6.07) is 28.6. The minimum absolute atomic E-state index is 0.0639. The maximum Gasteiger partial charge on any atom is 0.323 e. The Hall–Kier alpha value is -4.59. The first-order chi connectivity index (χ1) is 32.0. The number of esters is 1. The minimum atomic E-state index is -3.53. The second-order valence-electron chi connectivity index (χ2n) is 17.4. The highest BCUT2D eigenvalue weighted by atomic mass is 32.1. The zero-order valence-corrected chi connectivity index (χ0v) is 41.1. The molecule has 5 aliphatic rings. The number of carbonyl (C=O) groups excluding carboxylic acids is 4. The standard InChI is InChI=1S/C23H27N2O5PS.C11H20N2O.C7H11NO.C6H6.C4H8O/c1-4-12-29-23(27)16(2)25-31(28,30-19-8-6-5-7-9-19)15-17-10-11-20-18(13-17)14-21(32-20)22(26)24-3;1-12-9-4-2-6-11(14)13-7-3-5-10(13)8-9;9-6-8-5-1-2-7(8)3-4-7;1-2-4-6-5-3-1;1-2-4-5-3-1/h5-11,13-14,16H,4,12,15H2,1-3H3,(H,24,26)(H,25,28);9-10,12H,2-8H2,1H3;6H,1-5H2;1-6H;1-4H2/t;9?,10-;;;/m.1.../s1. The molecule has 3 amide bonds. The molecule has 1 aliphatic carbocycles. The minimum Gasteiger partial charge on any atom is -0.465 e. The van der Waals surface area contributed by atoms with Gasteiger partial charge in [0.1, 0.15) is 11.8 Å². The molecule has 13 nitrogen and oxygen atoms in total. The molecule has 3 aromatic carbocycles. The lowest BCUT2D eigenvalue weighted by Gasteiger charge is -2.31. The van der Waals surface area contributed by atoms with Gasteiger partial charge in [-0.25, -0.2) is 5.09 Å². The lowest BCUT2D eigenvalue weighted by atomic mass is 9.97. The Morgan fingerprint density at radius 3 is 2.20 bits per heavy atom. The molecule has 4 aliphatic heterocycles. The Morgan fingerprint density at radius 1 is 0.909 bits per heavy atom. The molecule has 0 radical (unpaired) electrons. The van der Waals surface area contributed by atoms with Crippen molar-refractivity contribution in [3.05, 3.63) is 101 Å². The summed E-state index contributed by atoms with van der Waals surface area (Å²) in [6.07, 6.45) is 15.9. The number of amides is 3. The predicted octanol–water partition coefficient (Wildman–Crippen LogP) is 9.36. The van der Waals surface area contributed by atoms with Crippen molar-refractivity contribution in [3.63, 3.8) is 0 Å². The number of hydrogen-bond acceptors (Lipinski definition) is 10. The molecule has 4 saturated heterocycles. The molecule has 4 atom stereocenters. The van der Waals surface area contributed by atoms with Crippen LogP contribution < -0.4 is 20.2 Å². The van der Waals surface area contributed by atoms with Crippen molar-refractivity contribution in [2.75, 3.05) is 47.0 Å². The first kappa shape index (κ1) is 52.4. The van der Waals surface area contributed by atoms with Crippen LogP contribution in [0.5, 0.6) is 5.75 Å². The van der Waals surface area contributed by atoms with E-state index in [4.69, 9.17) is 14.0 Å². The van der Waals surface area contributed by atoms with Crippen molar-refractivity contribution >= 4 is 53.1 Å². The molecule has 0 bridgehead atoms. The summed E-state index contributed by atoms with van der Waals surface area (Å²) in [5, 5.41) is 9.74. The molecule has 3 N–H and O–H groups in total. The zero-order chi connectivity index (χ0) is 47.2. The van der Waals surface area contributed by atoms with Crippen molar-refractivity contribution in [3.8, 4) is 5.75 Å². The van der Waals surface area contributed by atoms with E-state index >= 15 is 0 Å². The van der Waals surface area contributed by atoms with Gasteiger partial charge in [-0.05, 0) is 132 Å². The second kappa shape index (κ2) is 27.3. The maximum atomic E-state index is 13.8. The summed E-state index contributed by atoms with van der Waals surface area (Å²) in [5.41, 5.74) is 1.14. The van der Waals surface area contributed by atoms with Crippen LogP contribution in [0.25, 0.3) is 10.1 Å². The fourth-order valence-electron chi connectivity index (χ4n) is 8.56. The van der Waals surface area contributed by atoms with Gasteiger partial charge in [-0.3, -0.25) is 23.7 Å². The average Bonchev–Trinajstić information content (AvgIpc) is 3.88. The Labute approximate surface area is 396 Å². The highest BCUT2D eigenvalue weighted by molar-refractivity contribution is 7.56. The van der Waals surface area contributed by atoms with Crippen molar-refractivity contribution in [1.29, 1.82) is 0 Å². The van der Waals surface area contributed by atoms with E-state index in [1.807, 2.05) is 85.6 Å². The van der Waals surface area contributed by atoms with E-state index in [1.54, 1.807) is 38.2 Å². The number of likely N-dealkylation sites (tertiary alicyclic amines) is 1. The highest BCUT2D eigenvalue weighted by Gasteiger charge is 2.50. The van der Waals surface area contributed by atoms with Gasteiger partial charge in [0.2, 0.25) is 12.3 Å². The van der Waals surface area contributed by atoms with E-state index in [9.17, 15) is 23.7 Å². The van der Waals surface area contributed by atoms with Crippen molar-refractivity contribution in [2.45, 2.75) is 127 Å². The monoisotopic (exact) mass is 945 g/mol. The van der Waals surface area contributed by atoms with E-state index in [2.05, 4.69) is 20.6 Å². The van der Waals surface area contributed by atoms with Crippen LogP contribution in [-0.4, -0.2) is 105 Å². The van der Waals surface area contributed by atoms with Gasteiger partial charge in [0.15, 0.2) is 0 Å². The third-order valence-corrected chi connectivity index (χ3v) is 15.5. The smallest absolute Gasteiger partial charge is 0.323 e. The lowest BCUT2D eigenvalue weighted by molar-refractivity contribution is -0.145. The molecule has 3 unspecified atom stereocenters. The van der Waals surface area contributed by atoms with Gasteiger partial charge in [-0.1, -0.05) is 67.6 Å². The fraction of sp³-hybridized carbons (Fsp3) is 0.529. The number of para-hydroxylation sites is 1. The van der Waals surface area contributed by atoms with E-state index in [0.29, 0.717) is 47.2 Å². The Balaban J connectivity index is 0.000000192. The van der Waals surface area contributed by atoms with E-state index in [-0.39, 0.29) is 12.1 Å². The predicted molar refractivity (Wildman–Crippen MR) is 264 cm³/mol. The summed E-state index contributed by atoms with van der Waals surface area (Å²) in [4.78, 5) is 51.0. The molecule has 360 valence electrons. The lowest BCUT2D eigenvalue weighted by Crippen LogP contribution is -2.42. The molecule has 5 heterocycles. The molecule has 4 aromatic rings. The van der Waals surface area contributed by atoms with Crippen molar-refractivity contribution in [2.24, 2.45) is 0 Å². The first-order valence-corrected chi connectivity index (χ1v) is 26.4. The fourth-order valence-corrected chi connectivity index (χ4v) is 11.6. The summed E-state index contributed by atoms with van der Waals surface area (Å²) in [5.74, 6) is 0.206. The molecule has 15 heteroatoms. The summed E-state index contributed by atoms with van der Waals surface area (Å²) in [7, 11) is 0.0980. The van der Waals surface area contributed by atoms with Crippen molar-refractivity contribution in [1.82, 2.24) is 25.5 Å². The Kier molecular flexibility index (Phi) is 21.6. The van der Waals surface area contributed by atoms with Gasteiger partial charge in [0.25, 0.3) is 5.91 Å². The number of hydrogen-bond donors (Lipinski definition) is 3. The largest absolute Gasteiger partial charge is 0.465 e. The number of nitrogens with one attached hydrogen (secondary N) is 3. The number of thiophene rings is 1. The van der Waals surface area contributed by atoms with Crippen LogP contribution in [0.15, 0.2) is 91.0 Å². The van der Waals surface area contributed by atoms with Crippen molar-refractivity contribution < 1.29 is 37.7 Å². The summed E-state index contributed by atoms with van der Waals surface area (Å²) in [6.45, 7) is 7.82. The summed E-state index contributed by atoms with van der Waals surface area (Å²) >= 11 is 1.39. The molecular weight excluding hydrogens is 874 g/mol. The van der Waals surface area contributed by atoms with Crippen LogP contribution >= 0.6 is 18.9 Å². The quantitative estimate of drug-likeness (QED) is 0.0711. The van der Waals surface area contributed by atoms with Gasteiger partial charge in [0, 0.05) is 62.1 Å². The molecule has 1 saturated carbocycles. The SMILES string of the molecule is C1CCOC1.CCCOC(=O)C(C)NP(=O)(Cc1ccc2sc(C(=O)NC)cc2c1)Oc1ccccc1.CNC1CCCC(=O)N2CCC[C@@H]2C1.O=CN1CCCC12CC2.c1ccccc1. The van der Waals surface area contributed by atoms with Gasteiger partial charge in [0.05, 0.1) is 17.6 Å². The topological polar surface area (TPSA) is 156 Å². The number of rotatable bonds is 12. The normalized spacial score (nSPS) is 20.4.